The zero-order valence-corrected chi connectivity index (χ0v) is 32.8. The molecule has 2 amide bonds. The lowest BCUT2D eigenvalue weighted by Gasteiger charge is -2.40. The average Bonchev–Trinajstić information content (AvgIpc) is 3.81. The molecule has 0 radical (unpaired) electrons. The van der Waals surface area contributed by atoms with Crippen LogP contribution in [-0.2, 0) is 9.59 Å². The smallest absolute Gasteiger partial charge is 0.257 e. The van der Waals surface area contributed by atoms with E-state index in [9.17, 15) is 19.5 Å². The third-order valence-electron chi connectivity index (χ3n) is 10.9. The van der Waals surface area contributed by atoms with Crippen molar-refractivity contribution >= 4 is 68.6 Å². The van der Waals surface area contributed by atoms with Crippen molar-refractivity contribution in [1.29, 1.82) is 0 Å². The highest BCUT2D eigenvalue weighted by molar-refractivity contribution is 7.15. The highest BCUT2D eigenvalue weighted by atomic mass is 32.1. The molecule has 1 aliphatic carbocycles. The van der Waals surface area contributed by atoms with Crippen LogP contribution in [-0.4, -0.2) is 92.5 Å². The summed E-state index contributed by atoms with van der Waals surface area (Å²) in [5.74, 6) is 1.29. The molecule has 1 saturated carbocycles. The number of fused-ring (bicyclic) bond motifs is 1. The van der Waals surface area contributed by atoms with Gasteiger partial charge in [0.25, 0.3) is 5.91 Å². The number of nitrogens with one attached hydrogen (secondary N) is 3. The maximum Gasteiger partial charge on any atom is 0.257 e. The second kappa shape index (κ2) is 16.1. The predicted molar refractivity (Wildman–Crippen MR) is 216 cm³/mol. The van der Waals surface area contributed by atoms with Crippen LogP contribution in [0.25, 0.3) is 5.57 Å². The van der Waals surface area contributed by atoms with Crippen LogP contribution in [0.1, 0.15) is 78.0 Å². The van der Waals surface area contributed by atoms with E-state index in [1.54, 1.807) is 18.5 Å². The molecule has 0 bridgehead atoms. The number of benzene rings is 1. The number of Topliss-reactive ketones (excluding diaryl/α,β-unsaturated/α-hetero) is 1. The number of rotatable bonds is 11. The van der Waals surface area contributed by atoms with Crippen LogP contribution in [0.15, 0.2) is 48.3 Å². The number of piperazine rings is 1. The van der Waals surface area contributed by atoms with Crippen LogP contribution in [0.4, 0.5) is 34.1 Å². The Kier molecular flexibility index (Phi) is 11.1. The van der Waals surface area contributed by atoms with Gasteiger partial charge in [0.05, 0.1) is 17.6 Å². The fourth-order valence-corrected chi connectivity index (χ4v) is 8.50. The fraction of sp³-hybridized carbons (Fsp3) is 0.425. The van der Waals surface area contributed by atoms with Crippen molar-refractivity contribution in [3.05, 3.63) is 75.6 Å². The number of aliphatic hydroxyl groups excluding tert-OH is 1. The molecular formula is C40H48N10O4S. The van der Waals surface area contributed by atoms with Crippen LogP contribution >= 0.6 is 11.3 Å². The van der Waals surface area contributed by atoms with E-state index in [1.807, 2.05) is 61.8 Å². The Hall–Kier alpha value is -5.41. The first kappa shape index (κ1) is 37.9. The molecule has 2 aliphatic heterocycles. The summed E-state index contributed by atoms with van der Waals surface area (Å²) in [6.45, 7) is 12.2. The van der Waals surface area contributed by atoms with Crippen molar-refractivity contribution in [2.24, 2.45) is 0 Å². The Balaban J connectivity index is 0.909. The summed E-state index contributed by atoms with van der Waals surface area (Å²) in [5.41, 5.74) is 5.92. The lowest BCUT2D eigenvalue weighted by Crippen LogP contribution is -2.49. The third-order valence-corrected chi connectivity index (χ3v) is 11.9. The maximum absolute atomic E-state index is 13.1. The van der Waals surface area contributed by atoms with E-state index in [0.717, 1.165) is 58.8 Å². The van der Waals surface area contributed by atoms with Gasteiger partial charge in [-0.05, 0) is 82.9 Å². The first-order chi connectivity index (χ1) is 26.5. The van der Waals surface area contributed by atoms with Gasteiger partial charge in [0.1, 0.15) is 11.6 Å². The summed E-state index contributed by atoms with van der Waals surface area (Å²) in [6, 6.07) is 9.52. The molecule has 1 aromatic carbocycles. The highest BCUT2D eigenvalue weighted by Gasteiger charge is 2.39. The summed E-state index contributed by atoms with van der Waals surface area (Å²) >= 11 is 1.46. The molecular weight excluding hydrogens is 717 g/mol. The molecule has 3 aliphatic rings. The molecule has 2 fully saturated rings. The average molecular weight is 765 g/mol. The van der Waals surface area contributed by atoms with E-state index in [2.05, 4.69) is 35.8 Å². The topological polar surface area (TPSA) is 169 Å². The largest absolute Gasteiger partial charge is 0.384 e. The minimum Gasteiger partial charge on any atom is -0.384 e. The molecule has 7 rings (SSSR count). The summed E-state index contributed by atoms with van der Waals surface area (Å²) < 4.78 is 0. The fourth-order valence-electron chi connectivity index (χ4n) is 7.69. The van der Waals surface area contributed by atoms with Gasteiger partial charge in [0.15, 0.2) is 17.1 Å². The van der Waals surface area contributed by atoms with E-state index in [-0.39, 0.29) is 23.6 Å². The number of pyridine rings is 1. The van der Waals surface area contributed by atoms with Gasteiger partial charge >= 0.3 is 0 Å². The van der Waals surface area contributed by atoms with Crippen molar-refractivity contribution < 1.29 is 19.5 Å². The third kappa shape index (κ3) is 8.03. The number of thiazole rings is 1. The Morgan fingerprint density at radius 3 is 2.38 bits per heavy atom. The molecule has 0 spiro atoms. The standard InChI is InChI=1S/C40H48N10O4S/c1-23-30(37(53)47-40-44-25(3)27(5)55-40)11-8-12-32(23)41-16-15-34(52)49-19-17-48(18-20-49)29-13-14-33(42-21-29)45-39-43-22-31-24(2)35(26(4)51)38(54)50(36(31)46-39)28-9-6-7-10-28/h8,11-14,21-22,28,38,41,54H,6-7,9-10,15-20H2,1-5H3,(H,44,47,53)(H,42,43,45,46). The monoisotopic (exact) mass is 764 g/mol. The minimum absolute atomic E-state index is 0.0816. The van der Waals surface area contributed by atoms with Gasteiger partial charge in [0, 0.05) is 78.6 Å². The number of nitrogens with zero attached hydrogens (tertiary/aromatic N) is 7. The lowest BCUT2D eigenvalue weighted by molar-refractivity contribution is -0.131. The number of ketones is 1. The normalized spacial score (nSPS) is 17.3. The Bertz CT molecular complexity index is 2100. The van der Waals surface area contributed by atoms with Gasteiger partial charge in [-0.25, -0.2) is 15.0 Å². The van der Waals surface area contributed by atoms with Crippen molar-refractivity contribution in [1.82, 2.24) is 24.8 Å². The van der Waals surface area contributed by atoms with E-state index < -0.39 is 6.23 Å². The number of hydrogen-bond acceptors (Lipinski definition) is 13. The molecule has 14 nitrogen and oxygen atoms in total. The molecule has 3 aromatic heterocycles. The number of aliphatic hydroxyl groups is 1. The summed E-state index contributed by atoms with van der Waals surface area (Å²) in [4.78, 5) is 64.1. The zero-order chi connectivity index (χ0) is 38.8. The number of allylic oxidation sites excluding steroid dienone is 1. The van der Waals surface area contributed by atoms with Crippen molar-refractivity contribution in [2.75, 3.05) is 58.5 Å². The Morgan fingerprint density at radius 2 is 1.71 bits per heavy atom. The van der Waals surface area contributed by atoms with Crippen LogP contribution in [0, 0.1) is 20.8 Å². The van der Waals surface area contributed by atoms with Crippen molar-refractivity contribution in [2.45, 2.75) is 79.0 Å². The molecule has 55 heavy (non-hydrogen) atoms. The van der Waals surface area contributed by atoms with E-state index in [4.69, 9.17) is 4.98 Å². The Morgan fingerprint density at radius 1 is 0.945 bits per heavy atom. The second-order valence-corrected chi connectivity index (χ2v) is 15.6. The predicted octanol–water partition coefficient (Wildman–Crippen LogP) is 5.84. The number of carbonyl (C=O) groups excluding carboxylic acids is 3. The van der Waals surface area contributed by atoms with Gasteiger partial charge in [-0.15, -0.1) is 11.3 Å². The summed E-state index contributed by atoms with van der Waals surface area (Å²) in [7, 11) is 0. The van der Waals surface area contributed by atoms with Gasteiger partial charge in [0.2, 0.25) is 11.9 Å². The first-order valence-electron chi connectivity index (χ1n) is 18.9. The molecule has 5 heterocycles. The summed E-state index contributed by atoms with van der Waals surface area (Å²) in [6.07, 6.45) is 6.83. The molecule has 4 N–H and O–H groups in total. The van der Waals surface area contributed by atoms with Crippen LogP contribution < -0.4 is 25.8 Å². The van der Waals surface area contributed by atoms with E-state index in [1.165, 1.54) is 18.3 Å². The quantitative estimate of drug-likeness (QED) is 0.144. The first-order valence-corrected chi connectivity index (χ1v) is 19.7. The van der Waals surface area contributed by atoms with E-state index in [0.29, 0.717) is 78.6 Å². The van der Waals surface area contributed by atoms with Crippen molar-refractivity contribution in [3.63, 3.8) is 0 Å². The molecule has 1 unspecified atom stereocenters. The SMILES string of the molecule is CC(=O)C1=C(C)c2cnc(Nc3ccc(N4CCN(C(=O)CCNc5cccc(C(=O)Nc6nc(C)c(C)s6)c5C)CC4)cn3)nc2N(C2CCCC2)C1O. The van der Waals surface area contributed by atoms with Crippen LogP contribution in [0.3, 0.4) is 0 Å². The summed E-state index contributed by atoms with van der Waals surface area (Å²) in [5, 5.41) is 21.4. The number of anilines is 6. The molecule has 15 heteroatoms. The maximum atomic E-state index is 13.1. The van der Waals surface area contributed by atoms with Gasteiger partial charge < -0.3 is 30.4 Å². The molecule has 4 aromatic rings. The number of amides is 2. The van der Waals surface area contributed by atoms with Crippen molar-refractivity contribution in [3.8, 4) is 0 Å². The second-order valence-electron chi connectivity index (χ2n) is 14.4. The molecule has 1 saturated heterocycles. The molecule has 288 valence electrons. The molecule has 1 atom stereocenters. The minimum atomic E-state index is -1.04. The number of aryl methyl sites for hydroxylation is 2. The number of aromatic nitrogens is 4. The van der Waals surface area contributed by atoms with Gasteiger partial charge in [-0.3, -0.25) is 19.7 Å². The van der Waals surface area contributed by atoms with Gasteiger partial charge in [-0.2, -0.15) is 4.98 Å². The van der Waals surface area contributed by atoms with Crippen LogP contribution in [0.5, 0.6) is 0 Å². The van der Waals surface area contributed by atoms with E-state index >= 15 is 0 Å². The zero-order valence-electron chi connectivity index (χ0n) is 32.0. The number of carbonyl (C=O) groups is 3. The highest BCUT2D eigenvalue weighted by Crippen LogP contribution is 2.41. The number of hydrogen-bond donors (Lipinski definition) is 4. The lowest BCUT2D eigenvalue weighted by atomic mass is 9.93. The Labute approximate surface area is 325 Å². The van der Waals surface area contributed by atoms with Crippen LogP contribution in [0.2, 0.25) is 0 Å². The van der Waals surface area contributed by atoms with Gasteiger partial charge in [-0.1, -0.05) is 18.9 Å².